The molecule has 5 heteroatoms. The minimum absolute atomic E-state index is 0.0697. The van der Waals surface area contributed by atoms with Gasteiger partial charge in [-0.25, -0.2) is 4.79 Å². The van der Waals surface area contributed by atoms with Gasteiger partial charge in [0.25, 0.3) is 0 Å². The van der Waals surface area contributed by atoms with Crippen LogP contribution in [0.15, 0.2) is 24.3 Å². The Kier molecular flexibility index (Phi) is 4.32. The average molecular weight is 223 g/mol. The summed E-state index contributed by atoms with van der Waals surface area (Å²) in [6.45, 7) is 2.15. The summed E-state index contributed by atoms with van der Waals surface area (Å²) in [5.41, 5.74) is 0.889. The van der Waals surface area contributed by atoms with E-state index in [1.165, 1.54) is 12.1 Å². The van der Waals surface area contributed by atoms with Gasteiger partial charge in [0, 0.05) is 5.69 Å². The monoisotopic (exact) mass is 223 g/mol. The smallest absolute Gasteiger partial charge is 0.335 e. The van der Waals surface area contributed by atoms with E-state index in [1.807, 2.05) is 0 Å². The standard InChI is InChI=1S/C11H13NO4/c1-2-16-10(13)7-12-9-5-3-8(4-6-9)11(14)15/h3-6,12H,2,7H2,1H3,(H,14,15). The molecule has 0 aliphatic rings. The van der Waals surface area contributed by atoms with Gasteiger partial charge in [-0.1, -0.05) is 0 Å². The molecule has 0 aliphatic heterocycles. The van der Waals surface area contributed by atoms with Crippen molar-refractivity contribution in [3.05, 3.63) is 29.8 Å². The van der Waals surface area contributed by atoms with Crippen LogP contribution < -0.4 is 5.32 Å². The van der Waals surface area contributed by atoms with Crippen molar-refractivity contribution in [1.82, 2.24) is 0 Å². The Hall–Kier alpha value is -2.04. The van der Waals surface area contributed by atoms with Crippen molar-refractivity contribution < 1.29 is 19.4 Å². The predicted octanol–water partition coefficient (Wildman–Crippen LogP) is 1.36. The Morgan fingerprint density at radius 1 is 1.31 bits per heavy atom. The van der Waals surface area contributed by atoms with E-state index in [1.54, 1.807) is 19.1 Å². The number of carboxylic acids is 1. The lowest BCUT2D eigenvalue weighted by Gasteiger charge is -2.05. The number of hydrogen-bond acceptors (Lipinski definition) is 4. The highest BCUT2D eigenvalue weighted by molar-refractivity contribution is 5.88. The van der Waals surface area contributed by atoms with Crippen LogP contribution in [0, 0.1) is 0 Å². The number of carbonyl (C=O) groups excluding carboxylic acids is 1. The zero-order chi connectivity index (χ0) is 12.0. The maximum atomic E-state index is 11.0. The Labute approximate surface area is 93.0 Å². The van der Waals surface area contributed by atoms with Crippen molar-refractivity contribution in [2.75, 3.05) is 18.5 Å². The van der Waals surface area contributed by atoms with E-state index >= 15 is 0 Å². The number of esters is 1. The van der Waals surface area contributed by atoms with Gasteiger partial charge in [-0.3, -0.25) is 4.79 Å². The van der Waals surface area contributed by atoms with E-state index < -0.39 is 5.97 Å². The Morgan fingerprint density at radius 3 is 2.44 bits per heavy atom. The van der Waals surface area contributed by atoms with Crippen LogP contribution in [-0.4, -0.2) is 30.2 Å². The van der Waals surface area contributed by atoms with Crippen LogP contribution in [0.25, 0.3) is 0 Å². The first-order valence-electron chi connectivity index (χ1n) is 4.86. The first kappa shape index (κ1) is 12.0. The van der Waals surface area contributed by atoms with Crippen LogP contribution in [0.5, 0.6) is 0 Å². The fourth-order valence-electron chi connectivity index (χ4n) is 1.12. The number of aromatic carboxylic acids is 1. The fraction of sp³-hybridized carbons (Fsp3) is 0.273. The molecule has 0 aromatic heterocycles. The van der Waals surface area contributed by atoms with Crippen LogP contribution >= 0.6 is 0 Å². The number of ether oxygens (including phenoxy) is 1. The van der Waals surface area contributed by atoms with E-state index in [0.29, 0.717) is 12.3 Å². The third-order valence-electron chi connectivity index (χ3n) is 1.87. The molecule has 0 bridgehead atoms. The fourth-order valence-corrected chi connectivity index (χ4v) is 1.12. The molecule has 0 saturated heterocycles. The summed E-state index contributed by atoms with van der Waals surface area (Å²) in [6.07, 6.45) is 0. The van der Waals surface area contributed by atoms with Crippen molar-refractivity contribution in [3.63, 3.8) is 0 Å². The average Bonchev–Trinajstić information content (AvgIpc) is 2.27. The van der Waals surface area contributed by atoms with Gasteiger partial charge < -0.3 is 15.2 Å². The molecule has 16 heavy (non-hydrogen) atoms. The minimum atomic E-state index is -0.975. The molecule has 0 spiro atoms. The van der Waals surface area contributed by atoms with E-state index in [9.17, 15) is 9.59 Å². The summed E-state index contributed by atoms with van der Waals surface area (Å²) in [5.74, 6) is -1.32. The second-order valence-electron chi connectivity index (χ2n) is 3.04. The van der Waals surface area contributed by atoms with Gasteiger partial charge in [0.05, 0.1) is 12.2 Å². The van der Waals surface area contributed by atoms with Gasteiger partial charge in [0.15, 0.2) is 0 Å². The maximum Gasteiger partial charge on any atom is 0.335 e. The summed E-state index contributed by atoms with van der Waals surface area (Å²) in [7, 11) is 0. The van der Waals surface area contributed by atoms with Crippen molar-refractivity contribution in [2.45, 2.75) is 6.92 Å². The highest BCUT2D eigenvalue weighted by Crippen LogP contribution is 2.09. The van der Waals surface area contributed by atoms with Crippen molar-refractivity contribution in [1.29, 1.82) is 0 Å². The Balaban J connectivity index is 2.49. The number of carboxylic acid groups (broad SMARTS) is 1. The van der Waals surface area contributed by atoms with Gasteiger partial charge in [0.1, 0.15) is 6.54 Å². The van der Waals surface area contributed by atoms with Crippen LogP contribution in [0.3, 0.4) is 0 Å². The third-order valence-corrected chi connectivity index (χ3v) is 1.87. The van der Waals surface area contributed by atoms with Gasteiger partial charge in [-0.05, 0) is 31.2 Å². The van der Waals surface area contributed by atoms with Crippen molar-refractivity contribution in [2.24, 2.45) is 0 Å². The lowest BCUT2D eigenvalue weighted by molar-refractivity contribution is -0.140. The van der Waals surface area contributed by atoms with Crippen LogP contribution in [0.4, 0.5) is 5.69 Å². The molecule has 2 N–H and O–H groups in total. The van der Waals surface area contributed by atoms with E-state index in [0.717, 1.165) is 0 Å². The van der Waals surface area contributed by atoms with Crippen LogP contribution in [0.2, 0.25) is 0 Å². The molecule has 0 heterocycles. The molecule has 0 radical (unpaired) electrons. The second kappa shape index (κ2) is 5.75. The molecule has 0 fully saturated rings. The largest absolute Gasteiger partial charge is 0.478 e. The number of carbonyl (C=O) groups is 2. The maximum absolute atomic E-state index is 11.0. The lowest BCUT2D eigenvalue weighted by Crippen LogP contribution is -2.16. The molecular weight excluding hydrogens is 210 g/mol. The normalized spacial score (nSPS) is 9.56. The molecule has 86 valence electrons. The second-order valence-corrected chi connectivity index (χ2v) is 3.04. The first-order chi connectivity index (χ1) is 7.63. The van der Waals surface area contributed by atoms with Gasteiger partial charge in [0.2, 0.25) is 0 Å². The van der Waals surface area contributed by atoms with E-state index in [2.05, 4.69) is 5.32 Å². The number of hydrogen-bond donors (Lipinski definition) is 2. The zero-order valence-electron chi connectivity index (χ0n) is 8.90. The van der Waals surface area contributed by atoms with Crippen molar-refractivity contribution in [3.8, 4) is 0 Å². The highest BCUT2D eigenvalue weighted by Gasteiger charge is 2.03. The summed E-state index contributed by atoms with van der Waals surface area (Å²) >= 11 is 0. The van der Waals surface area contributed by atoms with Gasteiger partial charge in [-0.2, -0.15) is 0 Å². The number of anilines is 1. The first-order valence-corrected chi connectivity index (χ1v) is 4.86. The third kappa shape index (κ3) is 3.61. The lowest BCUT2D eigenvalue weighted by atomic mass is 10.2. The highest BCUT2D eigenvalue weighted by atomic mass is 16.5. The topological polar surface area (TPSA) is 75.6 Å². The van der Waals surface area contributed by atoms with Gasteiger partial charge >= 0.3 is 11.9 Å². The quantitative estimate of drug-likeness (QED) is 0.737. The minimum Gasteiger partial charge on any atom is -0.478 e. The molecule has 1 rings (SSSR count). The molecule has 1 aromatic rings. The summed E-state index contributed by atoms with van der Waals surface area (Å²) in [6, 6.07) is 6.14. The molecule has 5 nitrogen and oxygen atoms in total. The van der Waals surface area contributed by atoms with Gasteiger partial charge in [-0.15, -0.1) is 0 Å². The molecule has 0 aliphatic carbocycles. The Morgan fingerprint density at radius 2 is 1.94 bits per heavy atom. The summed E-state index contributed by atoms with van der Waals surface area (Å²) in [5, 5.41) is 11.5. The molecular formula is C11H13NO4. The summed E-state index contributed by atoms with van der Waals surface area (Å²) in [4.78, 5) is 21.6. The zero-order valence-corrected chi connectivity index (χ0v) is 8.90. The van der Waals surface area contributed by atoms with Crippen molar-refractivity contribution >= 4 is 17.6 Å². The number of benzene rings is 1. The van der Waals surface area contributed by atoms with Crippen LogP contribution in [0.1, 0.15) is 17.3 Å². The number of nitrogens with one attached hydrogen (secondary N) is 1. The molecule has 0 atom stereocenters. The number of rotatable bonds is 5. The SMILES string of the molecule is CCOC(=O)CNc1ccc(C(=O)O)cc1. The predicted molar refractivity (Wildman–Crippen MR) is 58.5 cm³/mol. The molecule has 0 amide bonds. The summed E-state index contributed by atoms with van der Waals surface area (Å²) < 4.78 is 4.73. The Bertz CT molecular complexity index is 372. The molecule has 0 saturated carbocycles. The van der Waals surface area contributed by atoms with E-state index in [-0.39, 0.29) is 18.1 Å². The van der Waals surface area contributed by atoms with Crippen LogP contribution in [-0.2, 0) is 9.53 Å². The van der Waals surface area contributed by atoms with E-state index in [4.69, 9.17) is 9.84 Å². The molecule has 1 aromatic carbocycles. The molecule has 0 unspecified atom stereocenters.